The van der Waals surface area contributed by atoms with E-state index in [4.69, 9.17) is 4.18 Å². The molecule has 0 aliphatic carbocycles. The van der Waals surface area contributed by atoms with E-state index >= 15 is 0 Å². The molecule has 1 heterocycles. The lowest BCUT2D eigenvalue weighted by molar-refractivity contribution is 0.0865. The lowest BCUT2D eigenvalue weighted by atomic mass is 9.89. The van der Waals surface area contributed by atoms with Gasteiger partial charge < -0.3 is 9.08 Å². The molecule has 1 saturated heterocycles. The molecule has 154 valence electrons. The highest BCUT2D eigenvalue weighted by molar-refractivity contribution is 7.87. The number of nitrogens with zero attached hydrogens (tertiary/aromatic N) is 1. The summed E-state index contributed by atoms with van der Waals surface area (Å²) in [6.07, 6.45) is 5.35. The number of Topliss-reactive ketones (excluding diaryl/α,β-unsaturated/α-hetero) is 1. The van der Waals surface area contributed by atoms with Gasteiger partial charge in [0.1, 0.15) is 22.3 Å². The molecule has 3 rings (SSSR count). The second kappa shape index (κ2) is 8.73. The number of carbonyl (C=O) groups is 1. The number of hydrogen-bond donors (Lipinski definition) is 0. The van der Waals surface area contributed by atoms with Crippen LogP contribution in [0.5, 0.6) is 5.75 Å². The second-order valence-corrected chi connectivity index (χ2v) is 8.37. The fourth-order valence-corrected chi connectivity index (χ4v) is 4.27. The number of likely N-dealkylation sites (tertiary alicyclic amines) is 1. The second-order valence-electron chi connectivity index (χ2n) is 6.83. The third kappa shape index (κ3) is 5.20. The van der Waals surface area contributed by atoms with Gasteiger partial charge in [-0.1, -0.05) is 18.2 Å². The van der Waals surface area contributed by atoms with Gasteiger partial charge in [0.25, 0.3) is 0 Å². The fourth-order valence-electron chi connectivity index (χ4n) is 3.31. The molecule has 8 heteroatoms. The Balaban J connectivity index is 1.75. The lowest BCUT2D eigenvalue weighted by Gasteiger charge is -2.30. The van der Waals surface area contributed by atoms with E-state index in [1.807, 2.05) is 19.2 Å². The van der Waals surface area contributed by atoms with Crippen LogP contribution in [0.2, 0.25) is 0 Å². The number of hydrogen-bond acceptors (Lipinski definition) is 5. The Kier molecular flexibility index (Phi) is 6.32. The minimum absolute atomic E-state index is 0.0789. The number of halogens is 2. The fraction of sp³-hybridized carbons (Fsp3) is 0.286. The van der Waals surface area contributed by atoms with Crippen molar-refractivity contribution < 1.29 is 26.2 Å². The zero-order valence-corrected chi connectivity index (χ0v) is 16.7. The minimum atomic E-state index is -4.44. The molecule has 1 aliphatic rings. The Labute approximate surface area is 168 Å². The highest BCUT2D eigenvalue weighted by Gasteiger charge is 2.25. The van der Waals surface area contributed by atoms with Crippen LogP contribution in [0.1, 0.15) is 30.1 Å². The van der Waals surface area contributed by atoms with E-state index in [1.54, 1.807) is 6.07 Å². The van der Waals surface area contributed by atoms with Gasteiger partial charge in [0.15, 0.2) is 5.78 Å². The first kappa shape index (κ1) is 21.0. The summed E-state index contributed by atoms with van der Waals surface area (Å²) in [6, 6.07) is 7.74. The average Bonchev–Trinajstić information content (AvgIpc) is 2.67. The number of ketones is 1. The predicted molar refractivity (Wildman–Crippen MR) is 104 cm³/mol. The first-order valence-corrected chi connectivity index (χ1v) is 10.6. The number of benzene rings is 2. The highest BCUT2D eigenvalue weighted by Crippen LogP contribution is 2.26. The Hall–Kier alpha value is -2.74. The molecule has 1 aliphatic heterocycles. The molecule has 29 heavy (non-hydrogen) atoms. The van der Waals surface area contributed by atoms with Crippen molar-refractivity contribution in [1.29, 1.82) is 0 Å². The maximum atomic E-state index is 13.3. The van der Waals surface area contributed by atoms with Crippen LogP contribution in [0.3, 0.4) is 0 Å². The molecule has 0 atom stereocenters. The number of rotatable bonds is 6. The van der Waals surface area contributed by atoms with Crippen molar-refractivity contribution in [2.45, 2.75) is 24.7 Å². The van der Waals surface area contributed by atoms with Crippen LogP contribution < -0.4 is 4.18 Å². The number of piperidine rings is 1. The lowest BCUT2D eigenvalue weighted by Crippen LogP contribution is -2.33. The average molecular weight is 421 g/mol. The molecule has 1 fully saturated rings. The minimum Gasteiger partial charge on any atom is -0.379 e. The van der Waals surface area contributed by atoms with E-state index in [2.05, 4.69) is 4.90 Å². The molecule has 2 aromatic carbocycles. The third-order valence-electron chi connectivity index (χ3n) is 4.71. The van der Waals surface area contributed by atoms with Gasteiger partial charge in [-0.05, 0) is 50.2 Å². The van der Waals surface area contributed by atoms with Crippen molar-refractivity contribution in [3.8, 4) is 5.75 Å². The first-order chi connectivity index (χ1) is 13.8. The van der Waals surface area contributed by atoms with E-state index in [1.165, 1.54) is 18.2 Å². The predicted octanol–water partition coefficient (Wildman–Crippen LogP) is 4.16. The van der Waals surface area contributed by atoms with E-state index in [9.17, 15) is 22.0 Å². The largest absolute Gasteiger partial charge is 0.379 e. The smallest absolute Gasteiger partial charge is 0.339 e. The summed E-state index contributed by atoms with van der Waals surface area (Å²) >= 11 is 0. The van der Waals surface area contributed by atoms with Crippen molar-refractivity contribution in [1.82, 2.24) is 4.90 Å². The maximum absolute atomic E-state index is 13.3. The quantitative estimate of drug-likeness (QED) is 0.518. The maximum Gasteiger partial charge on any atom is 0.339 e. The van der Waals surface area contributed by atoms with Crippen LogP contribution in [0.4, 0.5) is 8.78 Å². The molecule has 0 N–H and O–H groups in total. The Bertz CT molecular complexity index is 1010. The van der Waals surface area contributed by atoms with Crippen LogP contribution in [0.25, 0.3) is 0 Å². The van der Waals surface area contributed by atoms with Gasteiger partial charge >= 0.3 is 10.1 Å². The molecule has 5 nitrogen and oxygen atoms in total. The van der Waals surface area contributed by atoms with Crippen LogP contribution in [0.15, 0.2) is 59.6 Å². The zero-order chi connectivity index (χ0) is 21.0. The molecular weight excluding hydrogens is 400 g/mol. The van der Waals surface area contributed by atoms with Crippen LogP contribution in [-0.2, 0) is 10.1 Å². The van der Waals surface area contributed by atoms with Gasteiger partial charge in [0.2, 0.25) is 0 Å². The molecule has 0 aromatic heterocycles. The van der Waals surface area contributed by atoms with E-state index in [0.29, 0.717) is 36.6 Å². The van der Waals surface area contributed by atoms with Gasteiger partial charge in [-0.25, -0.2) is 8.78 Å². The normalized spacial score (nSPS) is 15.6. The van der Waals surface area contributed by atoms with Gasteiger partial charge in [0, 0.05) is 30.6 Å². The van der Waals surface area contributed by atoms with E-state index < -0.39 is 26.6 Å². The van der Waals surface area contributed by atoms with Crippen molar-refractivity contribution >= 4 is 15.9 Å². The molecular formula is C21H21F2NO4S. The first-order valence-electron chi connectivity index (χ1n) is 9.20. The van der Waals surface area contributed by atoms with Gasteiger partial charge in [-0.2, -0.15) is 8.42 Å². The number of carbonyl (C=O) groups excluding carboxylic acids is 1. The van der Waals surface area contributed by atoms with Crippen molar-refractivity contribution in [3.63, 3.8) is 0 Å². The van der Waals surface area contributed by atoms with E-state index in [-0.39, 0.29) is 17.5 Å². The number of allylic oxidation sites excluding steroid dienone is 1. The summed E-state index contributed by atoms with van der Waals surface area (Å²) in [5.74, 6) is -2.38. The Morgan fingerprint density at radius 3 is 2.38 bits per heavy atom. The Morgan fingerprint density at radius 1 is 1.10 bits per heavy atom. The molecule has 0 spiro atoms. The Morgan fingerprint density at radius 2 is 1.76 bits per heavy atom. The van der Waals surface area contributed by atoms with Crippen molar-refractivity contribution in [2.24, 2.45) is 5.92 Å². The van der Waals surface area contributed by atoms with Gasteiger partial charge in [-0.15, -0.1) is 0 Å². The summed E-state index contributed by atoms with van der Waals surface area (Å²) < 4.78 is 56.3. The third-order valence-corrected chi connectivity index (χ3v) is 5.93. The van der Waals surface area contributed by atoms with Crippen LogP contribution >= 0.6 is 0 Å². The summed E-state index contributed by atoms with van der Waals surface area (Å²) in [5, 5.41) is 0. The molecule has 0 amide bonds. The summed E-state index contributed by atoms with van der Waals surface area (Å²) in [4.78, 5) is 14.3. The van der Waals surface area contributed by atoms with Crippen molar-refractivity contribution in [2.75, 3.05) is 13.1 Å². The molecule has 0 bridgehead atoms. The van der Waals surface area contributed by atoms with Crippen molar-refractivity contribution in [3.05, 3.63) is 71.9 Å². The standard InChI is InChI=1S/C21H21F2NO4S/c1-2-8-24-9-6-15(7-10-24)21(25)16-4-3-5-19(11-16)28-29(26,27)20-13-17(22)12-18(23)14-20/h2-5,8,11-15H,6-7,9-10H2,1H3/b8-2-. The zero-order valence-electron chi connectivity index (χ0n) is 15.8. The molecule has 0 radical (unpaired) electrons. The van der Waals surface area contributed by atoms with Crippen LogP contribution in [0, 0.1) is 17.6 Å². The SMILES string of the molecule is C/C=C\N1CCC(C(=O)c2cccc(OS(=O)(=O)c3cc(F)cc(F)c3)c2)CC1. The molecule has 0 saturated carbocycles. The monoisotopic (exact) mass is 421 g/mol. The van der Waals surface area contributed by atoms with Crippen LogP contribution in [-0.4, -0.2) is 32.2 Å². The molecule has 0 unspecified atom stereocenters. The topological polar surface area (TPSA) is 63.7 Å². The summed E-state index contributed by atoms with van der Waals surface area (Å²) in [6.45, 7) is 3.49. The van der Waals surface area contributed by atoms with Gasteiger partial charge in [-0.3, -0.25) is 4.79 Å². The summed E-state index contributed by atoms with van der Waals surface area (Å²) in [7, 11) is -4.44. The van der Waals surface area contributed by atoms with Gasteiger partial charge in [0.05, 0.1) is 0 Å². The molecule has 2 aromatic rings. The summed E-state index contributed by atoms with van der Waals surface area (Å²) in [5.41, 5.74) is 0.340. The van der Waals surface area contributed by atoms with E-state index in [0.717, 1.165) is 13.1 Å². The highest BCUT2D eigenvalue weighted by atomic mass is 32.2.